The Morgan fingerprint density at radius 3 is 2.94 bits per heavy atom. The van der Waals surface area contributed by atoms with Gasteiger partial charge >= 0.3 is 0 Å². The summed E-state index contributed by atoms with van der Waals surface area (Å²) >= 11 is 0. The van der Waals surface area contributed by atoms with Crippen LogP contribution in [0.4, 0.5) is 5.95 Å². The molecule has 0 aliphatic heterocycles. The number of nitrogens with zero attached hydrogens (tertiary/aromatic N) is 3. The molecular formula is C12H19N5. The Balaban J connectivity index is 2.10. The van der Waals surface area contributed by atoms with Gasteiger partial charge in [-0.25, -0.2) is 4.98 Å². The summed E-state index contributed by atoms with van der Waals surface area (Å²) in [5.41, 5.74) is 2.18. The zero-order chi connectivity index (χ0) is 12.3. The maximum atomic E-state index is 4.48. The van der Waals surface area contributed by atoms with E-state index in [2.05, 4.69) is 45.1 Å². The lowest BCUT2D eigenvalue weighted by Gasteiger charge is -2.10. The molecule has 2 rings (SSSR count). The molecule has 0 aliphatic rings. The van der Waals surface area contributed by atoms with Crippen LogP contribution in [-0.4, -0.2) is 26.3 Å². The molecule has 92 valence electrons. The molecule has 0 atom stereocenters. The Kier molecular flexibility index (Phi) is 3.46. The topological polar surface area (TPSA) is 58.5 Å². The molecule has 0 spiro atoms. The first-order chi connectivity index (χ1) is 8.15. The van der Waals surface area contributed by atoms with Crippen LogP contribution in [0.3, 0.4) is 0 Å². The Morgan fingerprint density at radius 1 is 1.47 bits per heavy atom. The minimum atomic E-state index is 0.606. The highest BCUT2D eigenvalue weighted by Crippen LogP contribution is 2.11. The van der Waals surface area contributed by atoms with Crippen molar-refractivity contribution in [1.29, 1.82) is 0 Å². The van der Waals surface area contributed by atoms with Gasteiger partial charge in [0.25, 0.3) is 0 Å². The van der Waals surface area contributed by atoms with E-state index in [1.165, 1.54) is 0 Å². The number of aryl methyl sites for hydroxylation is 1. The normalized spacial score (nSPS) is 11.1. The predicted octanol–water partition coefficient (Wildman–Crippen LogP) is 2.03. The zero-order valence-corrected chi connectivity index (χ0v) is 10.6. The summed E-state index contributed by atoms with van der Waals surface area (Å²) < 4.78 is 2.11. The molecule has 0 saturated heterocycles. The van der Waals surface area contributed by atoms with Crippen LogP contribution < -0.4 is 5.32 Å². The summed E-state index contributed by atoms with van der Waals surface area (Å²) in [5, 5.41) is 10.1. The summed E-state index contributed by atoms with van der Waals surface area (Å²) in [4.78, 5) is 4.48. The number of hydrogen-bond donors (Lipinski definition) is 2. The maximum absolute atomic E-state index is 4.48. The molecule has 0 bridgehead atoms. The van der Waals surface area contributed by atoms with E-state index in [0.717, 1.165) is 30.3 Å². The van der Waals surface area contributed by atoms with Crippen LogP contribution in [0.5, 0.6) is 0 Å². The SMILES string of the molecule is Cc1cn(Cc2cn[nH]c2)c(NCC(C)C)n1. The van der Waals surface area contributed by atoms with Gasteiger partial charge in [-0.1, -0.05) is 13.8 Å². The van der Waals surface area contributed by atoms with Crippen LogP contribution in [-0.2, 0) is 6.54 Å². The van der Waals surface area contributed by atoms with Gasteiger partial charge in [-0.15, -0.1) is 0 Å². The van der Waals surface area contributed by atoms with Gasteiger partial charge in [0.1, 0.15) is 0 Å². The van der Waals surface area contributed by atoms with E-state index < -0.39 is 0 Å². The van der Waals surface area contributed by atoms with Gasteiger partial charge in [0.15, 0.2) is 0 Å². The van der Waals surface area contributed by atoms with E-state index in [4.69, 9.17) is 0 Å². The fourth-order valence-electron chi connectivity index (χ4n) is 1.66. The van der Waals surface area contributed by atoms with Crippen molar-refractivity contribution in [3.8, 4) is 0 Å². The van der Waals surface area contributed by atoms with Crippen molar-refractivity contribution >= 4 is 5.95 Å². The third-order valence-corrected chi connectivity index (χ3v) is 2.47. The first kappa shape index (κ1) is 11.7. The number of H-pyrrole nitrogens is 1. The molecule has 2 aromatic heterocycles. The van der Waals surface area contributed by atoms with Crippen molar-refractivity contribution in [3.05, 3.63) is 29.8 Å². The predicted molar refractivity (Wildman–Crippen MR) is 68.0 cm³/mol. The van der Waals surface area contributed by atoms with Gasteiger partial charge in [0.2, 0.25) is 5.95 Å². The summed E-state index contributed by atoms with van der Waals surface area (Å²) in [7, 11) is 0. The smallest absolute Gasteiger partial charge is 0.203 e. The van der Waals surface area contributed by atoms with E-state index in [-0.39, 0.29) is 0 Å². The van der Waals surface area contributed by atoms with Gasteiger partial charge < -0.3 is 9.88 Å². The molecule has 0 unspecified atom stereocenters. The van der Waals surface area contributed by atoms with Gasteiger partial charge in [-0.05, 0) is 12.8 Å². The molecule has 5 nitrogen and oxygen atoms in total. The van der Waals surface area contributed by atoms with E-state index in [0.29, 0.717) is 5.92 Å². The first-order valence-electron chi connectivity index (χ1n) is 5.90. The quantitative estimate of drug-likeness (QED) is 0.830. The van der Waals surface area contributed by atoms with E-state index >= 15 is 0 Å². The number of anilines is 1. The van der Waals surface area contributed by atoms with E-state index in [1.807, 2.05) is 19.3 Å². The molecule has 0 aromatic carbocycles. The second kappa shape index (κ2) is 5.03. The van der Waals surface area contributed by atoms with Crippen molar-refractivity contribution in [2.45, 2.75) is 27.3 Å². The molecule has 2 heterocycles. The number of imidazole rings is 1. The summed E-state index contributed by atoms with van der Waals surface area (Å²) in [6.45, 7) is 8.10. The molecule has 0 radical (unpaired) electrons. The largest absolute Gasteiger partial charge is 0.355 e. The van der Waals surface area contributed by atoms with Crippen molar-refractivity contribution in [2.24, 2.45) is 5.92 Å². The lowest BCUT2D eigenvalue weighted by atomic mass is 10.2. The standard InChI is InChI=1S/C12H19N5/c1-9(2)4-13-12-16-10(3)7-17(12)8-11-5-14-15-6-11/h5-7,9H,4,8H2,1-3H3,(H,13,16)(H,14,15). The highest BCUT2D eigenvalue weighted by Gasteiger charge is 2.06. The molecule has 17 heavy (non-hydrogen) atoms. The second-order valence-electron chi connectivity index (χ2n) is 4.72. The highest BCUT2D eigenvalue weighted by molar-refractivity contribution is 5.30. The van der Waals surface area contributed by atoms with Crippen LogP contribution >= 0.6 is 0 Å². The Labute approximate surface area is 101 Å². The fourth-order valence-corrected chi connectivity index (χ4v) is 1.66. The number of aromatic amines is 1. The summed E-state index contributed by atoms with van der Waals surface area (Å²) in [6, 6.07) is 0. The number of rotatable bonds is 5. The monoisotopic (exact) mass is 233 g/mol. The summed E-state index contributed by atoms with van der Waals surface area (Å²) in [6.07, 6.45) is 5.79. The van der Waals surface area contributed by atoms with Crippen molar-refractivity contribution < 1.29 is 0 Å². The van der Waals surface area contributed by atoms with Crippen molar-refractivity contribution in [1.82, 2.24) is 19.7 Å². The van der Waals surface area contributed by atoms with Crippen LogP contribution in [0.1, 0.15) is 25.1 Å². The van der Waals surface area contributed by atoms with E-state index in [1.54, 1.807) is 0 Å². The highest BCUT2D eigenvalue weighted by atomic mass is 15.2. The van der Waals surface area contributed by atoms with Gasteiger partial charge in [0, 0.05) is 24.5 Å². The average Bonchev–Trinajstić information content (AvgIpc) is 2.86. The Bertz CT molecular complexity index is 455. The first-order valence-corrected chi connectivity index (χ1v) is 5.90. The maximum Gasteiger partial charge on any atom is 0.203 e. The molecule has 5 heteroatoms. The Morgan fingerprint density at radius 2 is 2.29 bits per heavy atom. The van der Waals surface area contributed by atoms with Gasteiger partial charge in [0.05, 0.1) is 18.4 Å². The molecule has 2 N–H and O–H groups in total. The molecule has 2 aromatic rings. The lowest BCUT2D eigenvalue weighted by Crippen LogP contribution is -2.13. The minimum absolute atomic E-state index is 0.606. The van der Waals surface area contributed by atoms with Gasteiger partial charge in [-0.3, -0.25) is 5.10 Å². The Hall–Kier alpha value is -1.78. The average molecular weight is 233 g/mol. The van der Waals surface area contributed by atoms with Crippen LogP contribution in [0.15, 0.2) is 18.6 Å². The van der Waals surface area contributed by atoms with E-state index in [9.17, 15) is 0 Å². The van der Waals surface area contributed by atoms with Crippen LogP contribution in [0.2, 0.25) is 0 Å². The third-order valence-electron chi connectivity index (χ3n) is 2.47. The number of aromatic nitrogens is 4. The van der Waals surface area contributed by atoms with Crippen LogP contribution in [0.25, 0.3) is 0 Å². The second-order valence-corrected chi connectivity index (χ2v) is 4.72. The number of hydrogen-bond acceptors (Lipinski definition) is 3. The lowest BCUT2D eigenvalue weighted by molar-refractivity contribution is 0.676. The number of nitrogens with one attached hydrogen (secondary N) is 2. The molecule has 0 aliphatic carbocycles. The fraction of sp³-hybridized carbons (Fsp3) is 0.500. The third kappa shape index (κ3) is 3.09. The molecule has 0 saturated carbocycles. The van der Waals surface area contributed by atoms with Crippen molar-refractivity contribution in [3.63, 3.8) is 0 Å². The molecule has 0 amide bonds. The molecule has 0 fully saturated rings. The summed E-state index contributed by atoms with van der Waals surface area (Å²) in [5.74, 6) is 1.53. The molecular weight excluding hydrogens is 214 g/mol. The van der Waals surface area contributed by atoms with Gasteiger partial charge in [-0.2, -0.15) is 5.10 Å². The van der Waals surface area contributed by atoms with Crippen LogP contribution in [0, 0.1) is 12.8 Å². The zero-order valence-electron chi connectivity index (χ0n) is 10.6. The minimum Gasteiger partial charge on any atom is -0.355 e. The van der Waals surface area contributed by atoms with Crippen molar-refractivity contribution in [2.75, 3.05) is 11.9 Å².